The quantitative estimate of drug-likeness (QED) is 0.797. The van der Waals surface area contributed by atoms with Gasteiger partial charge < -0.3 is 9.47 Å². The number of hydrogen-bond donors (Lipinski definition) is 0. The summed E-state index contributed by atoms with van der Waals surface area (Å²) in [5.74, 6) is -2.14. The summed E-state index contributed by atoms with van der Waals surface area (Å²) < 4.78 is 9.76. The molecule has 0 saturated carbocycles. The molecule has 6 nitrogen and oxygen atoms in total. The highest BCUT2D eigenvalue weighted by molar-refractivity contribution is 6.06. The van der Waals surface area contributed by atoms with Gasteiger partial charge in [-0.05, 0) is 25.5 Å². The van der Waals surface area contributed by atoms with Crippen LogP contribution in [0.2, 0.25) is 0 Å². The summed E-state index contributed by atoms with van der Waals surface area (Å²) in [6, 6.07) is 3.58. The van der Waals surface area contributed by atoms with Crippen LogP contribution >= 0.6 is 0 Å². The van der Waals surface area contributed by atoms with Gasteiger partial charge in [-0.2, -0.15) is 0 Å². The van der Waals surface area contributed by atoms with Crippen LogP contribution in [0.5, 0.6) is 0 Å². The standard InChI is InChI=1S/C16H18N2O4/c1-9-12(15(19)21-3)14(11-6-5-7-17-8-11)13(10(2)18-9)16(20)22-4/h5-8,12,14H,1-4H3. The SMILES string of the molecule is COC(=O)C1=C(C)N=C(C)C(C(=O)OC)C1c1cccnc1. The number of esters is 2. The molecule has 1 aromatic heterocycles. The maximum Gasteiger partial charge on any atom is 0.336 e. The molecule has 22 heavy (non-hydrogen) atoms. The number of carbonyl (C=O) groups excluding carboxylic acids is 2. The fourth-order valence-corrected chi connectivity index (χ4v) is 2.76. The molecular weight excluding hydrogens is 284 g/mol. The highest BCUT2D eigenvalue weighted by Crippen LogP contribution is 2.39. The molecule has 0 spiro atoms. The molecule has 1 aliphatic heterocycles. The summed E-state index contributed by atoms with van der Waals surface area (Å²) >= 11 is 0. The third kappa shape index (κ3) is 2.77. The molecular formula is C16H18N2O4. The van der Waals surface area contributed by atoms with Crippen molar-refractivity contribution in [2.75, 3.05) is 14.2 Å². The van der Waals surface area contributed by atoms with E-state index in [-0.39, 0.29) is 0 Å². The van der Waals surface area contributed by atoms with Crippen molar-refractivity contribution in [2.24, 2.45) is 10.9 Å². The number of aromatic nitrogens is 1. The first kappa shape index (κ1) is 15.9. The zero-order valence-electron chi connectivity index (χ0n) is 13.0. The Hall–Kier alpha value is -2.50. The number of hydrogen-bond acceptors (Lipinski definition) is 6. The number of rotatable bonds is 3. The molecule has 0 fully saturated rings. The first-order valence-corrected chi connectivity index (χ1v) is 6.83. The highest BCUT2D eigenvalue weighted by Gasteiger charge is 2.42. The van der Waals surface area contributed by atoms with Crippen LogP contribution in [-0.4, -0.2) is 36.9 Å². The summed E-state index contributed by atoms with van der Waals surface area (Å²) in [7, 11) is 2.63. The van der Waals surface area contributed by atoms with E-state index in [1.54, 1.807) is 32.3 Å². The molecule has 116 valence electrons. The third-order valence-corrected chi connectivity index (χ3v) is 3.73. The predicted octanol–water partition coefficient (Wildman–Crippen LogP) is 1.88. The Bertz CT molecular complexity index is 649. The van der Waals surface area contributed by atoms with Crippen molar-refractivity contribution in [3.05, 3.63) is 41.4 Å². The summed E-state index contributed by atoms with van der Waals surface area (Å²) in [6.45, 7) is 3.48. The third-order valence-electron chi connectivity index (χ3n) is 3.73. The zero-order valence-corrected chi connectivity index (χ0v) is 13.0. The van der Waals surface area contributed by atoms with Crippen LogP contribution < -0.4 is 0 Å². The van der Waals surface area contributed by atoms with E-state index < -0.39 is 23.8 Å². The first-order valence-electron chi connectivity index (χ1n) is 6.83. The predicted molar refractivity (Wildman–Crippen MR) is 80.3 cm³/mol. The van der Waals surface area contributed by atoms with E-state index >= 15 is 0 Å². The van der Waals surface area contributed by atoms with Gasteiger partial charge in [0.15, 0.2) is 0 Å². The average molecular weight is 302 g/mol. The largest absolute Gasteiger partial charge is 0.468 e. The van der Waals surface area contributed by atoms with Gasteiger partial charge in [0.25, 0.3) is 0 Å². The molecule has 0 aliphatic carbocycles. The molecule has 0 bridgehead atoms. The van der Waals surface area contributed by atoms with Gasteiger partial charge in [-0.1, -0.05) is 6.07 Å². The molecule has 0 aromatic carbocycles. The molecule has 2 heterocycles. The molecule has 6 heteroatoms. The van der Waals surface area contributed by atoms with E-state index in [4.69, 9.17) is 9.47 Å². The topological polar surface area (TPSA) is 77.8 Å². The maximum atomic E-state index is 12.2. The second-order valence-corrected chi connectivity index (χ2v) is 5.01. The average Bonchev–Trinajstić information content (AvgIpc) is 2.53. The van der Waals surface area contributed by atoms with Gasteiger partial charge in [0, 0.05) is 29.7 Å². The number of methoxy groups -OCH3 is 2. The highest BCUT2D eigenvalue weighted by atomic mass is 16.5. The summed E-state index contributed by atoms with van der Waals surface area (Å²) in [6.07, 6.45) is 3.27. The minimum Gasteiger partial charge on any atom is -0.468 e. The van der Waals surface area contributed by atoms with Crippen LogP contribution in [-0.2, 0) is 19.1 Å². The van der Waals surface area contributed by atoms with Crippen molar-refractivity contribution >= 4 is 17.7 Å². The molecule has 0 amide bonds. The first-order chi connectivity index (χ1) is 10.5. The van der Waals surface area contributed by atoms with Crippen LogP contribution in [0.3, 0.4) is 0 Å². The number of nitrogens with zero attached hydrogens (tertiary/aromatic N) is 2. The van der Waals surface area contributed by atoms with Crippen molar-refractivity contribution in [2.45, 2.75) is 19.8 Å². The summed E-state index contributed by atoms with van der Waals surface area (Å²) in [5.41, 5.74) is 2.24. The lowest BCUT2D eigenvalue weighted by molar-refractivity contribution is -0.143. The fraction of sp³-hybridized carbons (Fsp3) is 0.375. The van der Waals surface area contributed by atoms with E-state index in [1.807, 2.05) is 6.07 Å². The van der Waals surface area contributed by atoms with Gasteiger partial charge in [-0.25, -0.2) is 4.79 Å². The number of allylic oxidation sites excluding steroid dienone is 1. The van der Waals surface area contributed by atoms with Gasteiger partial charge in [0.1, 0.15) is 5.92 Å². The smallest absolute Gasteiger partial charge is 0.336 e. The van der Waals surface area contributed by atoms with Gasteiger partial charge in [0.2, 0.25) is 0 Å². The summed E-state index contributed by atoms with van der Waals surface area (Å²) in [4.78, 5) is 32.8. The van der Waals surface area contributed by atoms with E-state index in [0.29, 0.717) is 17.0 Å². The minimum absolute atomic E-state index is 0.358. The summed E-state index contributed by atoms with van der Waals surface area (Å²) in [5, 5.41) is 0. The monoisotopic (exact) mass is 302 g/mol. The van der Waals surface area contributed by atoms with Gasteiger partial charge in [0.05, 0.1) is 19.8 Å². The van der Waals surface area contributed by atoms with Crippen LogP contribution in [0.4, 0.5) is 0 Å². The van der Waals surface area contributed by atoms with Crippen molar-refractivity contribution in [3.8, 4) is 0 Å². The Labute approximate surface area is 128 Å². The maximum absolute atomic E-state index is 12.2. The molecule has 0 saturated heterocycles. The Morgan fingerprint density at radius 2 is 1.91 bits per heavy atom. The molecule has 2 atom stereocenters. The fourth-order valence-electron chi connectivity index (χ4n) is 2.76. The Morgan fingerprint density at radius 3 is 2.45 bits per heavy atom. The van der Waals surface area contributed by atoms with Gasteiger partial charge in [-0.3, -0.25) is 14.8 Å². The van der Waals surface area contributed by atoms with E-state index in [9.17, 15) is 9.59 Å². The molecule has 1 aromatic rings. The van der Waals surface area contributed by atoms with E-state index in [1.165, 1.54) is 14.2 Å². The molecule has 1 aliphatic rings. The van der Waals surface area contributed by atoms with Crippen LogP contribution in [0.15, 0.2) is 40.8 Å². The lowest BCUT2D eigenvalue weighted by Gasteiger charge is -2.30. The number of pyridine rings is 1. The number of carbonyl (C=O) groups is 2. The normalized spacial score (nSPS) is 21.2. The van der Waals surface area contributed by atoms with Crippen LogP contribution in [0.25, 0.3) is 0 Å². The lowest BCUT2D eigenvalue weighted by atomic mass is 9.76. The Kier molecular flexibility index (Phi) is 4.70. The Balaban J connectivity index is 2.64. The van der Waals surface area contributed by atoms with Crippen molar-refractivity contribution in [3.63, 3.8) is 0 Å². The van der Waals surface area contributed by atoms with Crippen LogP contribution in [0.1, 0.15) is 25.3 Å². The molecule has 0 N–H and O–H groups in total. The number of aliphatic imine (C=N–C) groups is 1. The Morgan fingerprint density at radius 1 is 1.18 bits per heavy atom. The van der Waals surface area contributed by atoms with E-state index in [2.05, 4.69) is 9.98 Å². The van der Waals surface area contributed by atoms with E-state index in [0.717, 1.165) is 5.56 Å². The lowest BCUT2D eigenvalue weighted by Crippen LogP contribution is -2.36. The molecule has 2 rings (SSSR count). The van der Waals surface area contributed by atoms with Crippen molar-refractivity contribution < 1.29 is 19.1 Å². The second-order valence-electron chi connectivity index (χ2n) is 5.01. The van der Waals surface area contributed by atoms with Crippen LogP contribution in [0, 0.1) is 5.92 Å². The molecule has 2 unspecified atom stereocenters. The molecule has 0 radical (unpaired) electrons. The van der Waals surface area contributed by atoms with Gasteiger partial charge >= 0.3 is 11.9 Å². The van der Waals surface area contributed by atoms with Gasteiger partial charge in [-0.15, -0.1) is 0 Å². The van der Waals surface area contributed by atoms with Crippen molar-refractivity contribution in [1.29, 1.82) is 0 Å². The number of ether oxygens (including phenoxy) is 2. The second kappa shape index (κ2) is 6.51. The minimum atomic E-state index is -0.674. The zero-order chi connectivity index (χ0) is 16.3. The van der Waals surface area contributed by atoms with Crippen molar-refractivity contribution in [1.82, 2.24) is 4.98 Å².